The van der Waals surface area contributed by atoms with Crippen molar-refractivity contribution < 1.29 is 98.8 Å². The van der Waals surface area contributed by atoms with Crippen LogP contribution < -0.4 is 45.1 Å². The van der Waals surface area contributed by atoms with E-state index in [0.29, 0.717) is 25.0 Å². The molecule has 0 aromatic rings. The summed E-state index contributed by atoms with van der Waals surface area (Å²) < 4.78 is 6.04. The van der Waals surface area contributed by atoms with Gasteiger partial charge in [-0.05, 0) is 124 Å². The van der Waals surface area contributed by atoms with E-state index in [1.165, 1.54) is 56.3 Å². The van der Waals surface area contributed by atoms with E-state index >= 15 is 0 Å². The maximum atomic E-state index is 13.0. The number of ether oxygens (including phenoxy) is 1. The molecule has 1 N–H and O–H groups in total. The fourth-order valence-electron chi connectivity index (χ4n) is 12.1. The van der Waals surface area contributed by atoms with Gasteiger partial charge in [0.15, 0.2) is 0 Å². The Kier molecular flexibility index (Phi) is 24.4. The van der Waals surface area contributed by atoms with Crippen molar-refractivity contribution in [1.82, 2.24) is 20.0 Å². The van der Waals surface area contributed by atoms with Crippen molar-refractivity contribution in [2.45, 2.75) is 157 Å². The summed E-state index contributed by atoms with van der Waals surface area (Å²) in [6.07, 6.45) is 18.7. The summed E-state index contributed by atoms with van der Waals surface area (Å²) >= 11 is 0. The zero-order valence-corrected chi connectivity index (χ0v) is 42.4. The quantitative estimate of drug-likeness (QED) is 0.0883. The molecule has 0 aliphatic heterocycles. The smallest absolute Gasteiger partial charge is 0.549 e. The molecule has 0 aromatic heterocycles. The summed E-state index contributed by atoms with van der Waals surface area (Å²) in [6.45, 7) is 23.0. The third-order valence-electron chi connectivity index (χ3n) is 15.5. The van der Waals surface area contributed by atoms with E-state index in [9.17, 15) is 24.6 Å². The van der Waals surface area contributed by atoms with Crippen LogP contribution in [0.4, 0.5) is 4.79 Å². The van der Waals surface area contributed by atoms with Crippen molar-refractivity contribution in [2.75, 3.05) is 58.9 Å². The zero-order valence-electron chi connectivity index (χ0n) is 38.1. The minimum atomic E-state index is -1.30. The summed E-state index contributed by atoms with van der Waals surface area (Å²) in [4.78, 5) is 41.4. The van der Waals surface area contributed by atoms with Crippen molar-refractivity contribution in [3.05, 3.63) is 11.6 Å². The number of nitrogens with zero attached hydrogens (tertiary/aromatic N) is 3. The minimum absolute atomic E-state index is 0. The first kappa shape index (κ1) is 54.3. The Labute approximate surface area is 407 Å². The molecule has 3 fully saturated rings. The third kappa shape index (κ3) is 15.2. The number of carboxylic acids is 2. The van der Waals surface area contributed by atoms with Crippen molar-refractivity contribution in [3.8, 4) is 0 Å². The monoisotopic (exact) mass is 966 g/mol. The predicted octanol–water partition coefficient (Wildman–Crippen LogP) is 3.13. The molecular formula is C46H80GdN4NaO6+2. The molecule has 1 amide bonds. The zero-order chi connectivity index (χ0) is 41.0. The van der Waals surface area contributed by atoms with Gasteiger partial charge in [0, 0.05) is 58.3 Å². The molecule has 0 spiro atoms. The molecule has 1 radical (unpaired) electrons. The molecule has 12 heteroatoms. The molecule has 6 unspecified atom stereocenters. The molecule has 4 aliphatic rings. The number of alkyl carbamates (subject to hydrolysis) is 1. The van der Waals surface area contributed by atoms with Crippen LogP contribution in [0.1, 0.15) is 145 Å². The molecule has 4 aliphatic carbocycles. The number of rotatable bonds is 24. The largest absolute Gasteiger partial charge is 3.00 e. The van der Waals surface area contributed by atoms with Crippen molar-refractivity contribution in [3.63, 3.8) is 0 Å². The number of hydrogen-bond acceptors (Lipinski definition) is 9. The maximum Gasteiger partial charge on any atom is 3.00 e. The molecule has 10 nitrogen and oxygen atoms in total. The van der Waals surface area contributed by atoms with Gasteiger partial charge in [0.25, 0.3) is 0 Å². The Morgan fingerprint density at radius 1 is 0.828 bits per heavy atom. The number of nitrogens with one attached hydrogen (secondary N) is 1. The van der Waals surface area contributed by atoms with Crippen LogP contribution in [0.5, 0.6) is 0 Å². The van der Waals surface area contributed by atoms with Gasteiger partial charge in [0.1, 0.15) is 6.10 Å². The Balaban J connectivity index is 0.00000580. The van der Waals surface area contributed by atoms with Gasteiger partial charge in [0.2, 0.25) is 0 Å². The van der Waals surface area contributed by atoms with Gasteiger partial charge in [-0.2, -0.15) is 0 Å². The third-order valence-corrected chi connectivity index (χ3v) is 15.5. The Morgan fingerprint density at radius 3 is 2.10 bits per heavy atom. The minimum Gasteiger partial charge on any atom is -0.549 e. The topological polar surface area (TPSA) is 128 Å². The van der Waals surface area contributed by atoms with Crippen molar-refractivity contribution in [2.24, 2.45) is 46.3 Å². The fourth-order valence-corrected chi connectivity index (χ4v) is 12.1. The molecule has 327 valence electrons. The molecule has 9 atom stereocenters. The van der Waals surface area contributed by atoms with Crippen molar-refractivity contribution >= 4 is 18.0 Å². The number of hydrogen-bond donors (Lipinski definition) is 1. The van der Waals surface area contributed by atoms with Gasteiger partial charge in [-0.15, -0.1) is 0 Å². The van der Waals surface area contributed by atoms with Gasteiger partial charge in [-0.1, -0.05) is 85.8 Å². The van der Waals surface area contributed by atoms with Crippen LogP contribution in [0.15, 0.2) is 11.6 Å². The van der Waals surface area contributed by atoms with Crippen LogP contribution in [0.25, 0.3) is 0 Å². The number of fused-ring (bicyclic) bond motifs is 5. The van der Waals surface area contributed by atoms with Crippen LogP contribution in [0.3, 0.4) is 0 Å². The number of aliphatic carboxylic acids is 2. The molecule has 3 saturated carbocycles. The second kappa shape index (κ2) is 26.1. The standard InChI is InChI=1S/C46H82N4O6.Gd.Na/c1-9-48(10-2)26-28-50(29-27-49(31-42(51)52)32-43(53)54)35(6)16-11-12-25-47-44(55)56-37-21-23-45(7)36(30-37)17-18-38-40-20-19-39(34(5)15-13-14-33(3)4)46(40,8)24-22-41(38)45;;/h17,33-35,37-41H,9-16,18-32H2,1-8H3,(H,47,55)(H,51,52)(H,53,54);;/q;+3;+1/p-2/t34?,35?,37?,38?,39-,40?,41?,45+,46-;;/m1../s1. The van der Waals surface area contributed by atoms with Crippen LogP contribution in [-0.2, 0) is 14.3 Å². The average molecular weight is 965 g/mol. The molecule has 0 heterocycles. The van der Waals surface area contributed by atoms with Crippen LogP contribution in [0.2, 0.25) is 0 Å². The molecular weight excluding hydrogens is 885 g/mol. The first-order valence-corrected chi connectivity index (χ1v) is 22.8. The fraction of sp³-hybridized carbons (Fsp3) is 0.891. The molecule has 0 aromatic carbocycles. The Hall–Kier alpha value is 0.155. The second-order valence-corrected chi connectivity index (χ2v) is 19.3. The summed E-state index contributed by atoms with van der Waals surface area (Å²) in [7, 11) is 0. The Bertz CT molecular complexity index is 1290. The van der Waals surface area contributed by atoms with Crippen LogP contribution >= 0.6 is 0 Å². The van der Waals surface area contributed by atoms with E-state index in [2.05, 4.69) is 76.6 Å². The van der Waals surface area contributed by atoms with Gasteiger partial charge < -0.3 is 34.8 Å². The normalized spacial score (nSPS) is 28.8. The number of amides is 1. The van der Waals surface area contributed by atoms with Gasteiger partial charge in [0.05, 0.1) is 11.9 Å². The van der Waals surface area contributed by atoms with Gasteiger partial charge in [-0.3, -0.25) is 9.80 Å². The number of unbranched alkanes of at least 4 members (excludes halogenated alkanes) is 1. The number of carboxylic acid groups (broad SMARTS) is 2. The SMILES string of the molecule is CCN(CC)CCN(CCN(CC(=O)[O-])CC(=O)[O-])C(C)CCCCNC(=O)OC1CC[C@@]2(C)C(=CCC3C2CC[C@@]2(C)C3CC[C@@H]2C(C)CCCC(C)C)C1.[Gd+3].[Na+]. The van der Waals surface area contributed by atoms with Gasteiger partial charge >= 0.3 is 75.6 Å². The number of carbonyl (C=O) groups excluding carboxylic acids is 3. The number of allylic oxidation sites excluding steroid dienone is 1. The van der Waals surface area contributed by atoms with E-state index in [1.54, 1.807) is 5.57 Å². The summed E-state index contributed by atoms with van der Waals surface area (Å²) in [5.74, 6) is 2.31. The van der Waals surface area contributed by atoms with E-state index in [1.807, 2.05) is 0 Å². The van der Waals surface area contributed by atoms with Crippen LogP contribution in [0, 0.1) is 86.3 Å². The van der Waals surface area contributed by atoms with E-state index in [4.69, 9.17) is 4.74 Å². The van der Waals surface area contributed by atoms with E-state index < -0.39 is 25.0 Å². The predicted molar refractivity (Wildman–Crippen MR) is 220 cm³/mol. The van der Waals surface area contributed by atoms with Crippen molar-refractivity contribution in [1.29, 1.82) is 0 Å². The summed E-state index contributed by atoms with van der Waals surface area (Å²) in [5.41, 5.74) is 2.27. The van der Waals surface area contributed by atoms with E-state index in [-0.39, 0.29) is 93.2 Å². The first-order chi connectivity index (χ1) is 26.6. The number of likely N-dealkylation sites (N-methyl/N-ethyl adjacent to an activating group) is 1. The number of carbonyl (C=O) groups is 3. The average Bonchev–Trinajstić information content (AvgIpc) is 3.49. The summed E-state index contributed by atoms with van der Waals surface area (Å²) in [6, 6.07) is 0.210. The molecule has 58 heavy (non-hydrogen) atoms. The summed E-state index contributed by atoms with van der Waals surface area (Å²) in [5, 5.41) is 25.4. The maximum absolute atomic E-state index is 13.0. The molecule has 0 saturated heterocycles. The van der Waals surface area contributed by atoms with Gasteiger partial charge in [-0.25, -0.2) is 4.79 Å². The second-order valence-electron chi connectivity index (χ2n) is 19.3. The Morgan fingerprint density at radius 2 is 1.48 bits per heavy atom. The van der Waals surface area contributed by atoms with Crippen LogP contribution in [-0.4, -0.2) is 104 Å². The molecule has 4 rings (SSSR count). The first-order valence-electron chi connectivity index (χ1n) is 22.8. The van der Waals surface area contributed by atoms with E-state index in [0.717, 1.165) is 100 Å². The molecule has 0 bridgehead atoms.